The number of carbonyl (C=O) groups is 1. The largest absolute Gasteiger partial charge is 0.443 e. The van der Waals surface area contributed by atoms with Crippen LogP contribution in [0.25, 0.3) is 0 Å². The third-order valence-corrected chi connectivity index (χ3v) is 3.25. The second-order valence-electron chi connectivity index (χ2n) is 5.31. The summed E-state index contributed by atoms with van der Waals surface area (Å²) in [5.74, 6) is 0. The first-order valence-corrected chi connectivity index (χ1v) is 6.91. The Bertz CT molecular complexity index is 478. The molecule has 1 amide bonds. The Kier molecular flexibility index (Phi) is 5.18. The average molecular weight is 326 g/mol. The predicted octanol–water partition coefficient (Wildman–Crippen LogP) is 4.69. The molecule has 1 aromatic carbocycles. The van der Waals surface area contributed by atoms with Gasteiger partial charge in [-0.3, -0.25) is 4.90 Å². The number of nitrogens with zero attached hydrogens (tertiary/aromatic N) is 1. The summed E-state index contributed by atoms with van der Waals surface area (Å²) in [5, 5.41) is 0. The van der Waals surface area contributed by atoms with E-state index < -0.39 is 5.60 Å². The zero-order valence-electron chi connectivity index (χ0n) is 11.9. The van der Waals surface area contributed by atoms with Crippen LogP contribution < -0.4 is 4.90 Å². The molecule has 0 heterocycles. The highest BCUT2D eigenvalue weighted by molar-refractivity contribution is 9.10. The Hall–Kier alpha value is -1.29. The lowest BCUT2D eigenvalue weighted by Crippen LogP contribution is -2.37. The first-order valence-electron chi connectivity index (χ1n) is 6.12. The van der Waals surface area contributed by atoms with Crippen LogP contribution in [0.3, 0.4) is 0 Å². The van der Waals surface area contributed by atoms with Crippen molar-refractivity contribution in [3.8, 4) is 0 Å². The smallest absolute Gasteiger partial charge is 0.415 e. The van der Waals surface area contributed by atoms with Crippen molar-refractivity contribution in [3.05, 3.63) is 40.9 Å². The minimum absolute atomic E-state index is 0.372. The summed E-state index contributed by atoms with van der Waals surface area (Å²) in [6.07, 6.45) is 1.31. The highest BCUT2D eigenvalue weighted by Crippen LogP contribution is 2.25. The van der Waals surface area contributed by atoms with Crippen LogP contribution in [-0.4, -0.2) is 18.2 Å². The van der Waals surface area contributed by atoms with E-state index in [1.54, 1.807) is 11.0 Å². The van der Waals surface area contributed by atoms with Gasteiger partial charge in [0.2, 0.25) is 0 Å². The summed E-state index contributed by atoms with van der Waals surface area (Å²) in [6.45, 7) is 11.6. The second-order valence-corrected chi connectivity index (χ2v) is 6.17. The summed E-state index contributed by atoms with van der Waals surface area (Å²) in [5.41, 5.74) is 1.39. The molecule has 0 aliphatic carbocycles. The molecule has 0 bridgehead atoms. The Labute approximate surface area is 123 Å². The number of anilines is 1. The van der Waals surface area contributed by atoms with E-state index in [0.29, 0.717) is 6.54 Å². The van der Waals surface area contributed by atoms with Gasteiger partial charge in [0.1, 0.15) is 5.60 Å². The average Bonchev–Trinajstić information content (AvgIpc) is 2.27. The molecule has 0 aliphatic heterocycles. The lowest BCUT2D eigenvalue weighted by molar-refractivity contribution is 0.0584. The van der Waals surface area contributed by atoms with Gasteiger partial charge in [-0.25, -0.2) is 4.79 Å². The minimum Gasteiger partial charge on any atom is -0.443 e. The van der Waals surface area contributed by atoms with Gasteiger partial charge in [0.05, 0.1) is 0 Å². The first kappa shape index (κ1) is 15.8. The van der Waals surface area contributed by atoms with Crippen LogP contribution in [0, 0.1) is 6.92 Å². The third kappa shape index (κ3) is 4.71. The number of rotatable bonds is 3. The lowest BCUT2D eigenvalue weighted by Gasteiger charge is -2.27. The van der Waals surface area contributed by atoms with Gasteiger partial charge in [-0.2, -0.15) is 0 Å². The van der Waals surface area contributed by atoms with Crippen LogP contribution in [0.5, 0.6) is 0 Å². The van der Waals surface area contributed by atoms with Gasteiger partial charge < -0.3 is 4.74 Å². The van der Waals surface area contributed by atoms with Gasteiger partial charge in [0.15, 0.2) is 0 Å². The molecule has 1 aromatic rings. The number of amides is 1. The monoisotopic (exact) mass is 325 g/mol. The van der Waals surface area contributed by atoms with Crippen molar-refractivity contribution < 1.29 is 9.53 Å². The van der Waals surface area contributed by atoms with E-state index in [9.17, 15) is 4.79 Å². The fourth-order valence-electron chi connectivity index (χ4n) is 1.48. The van der Waals surface area contributed by atoms with Crippen molar-refractivity contribution in [1.82, 2.24) is 0 Å². The van der Waals surface area contributed by atoms with Crippen LogP contribution in [0.1, 0.15) is 26.3 Å². The van der Waals surface area contributed by atoms with E-state index in [4.69, 9.17) is 4.74 Å². The van der Waals surface area contributed by atoms with Crippen molar-refractivity contribution in [3.63, 3.8) is 0 Å². The van der Waals surface area contributed by atoms with Crippen LogP contribution in [-0.2, 0) is 4.74 Å². The van der Waals surface area contributed by atoms with Gasteiger partial charge in [0, 0.05) is 16.7 Å². The molecular weight excluding hydrogens is 306 g/mol. The van der Waals surface area contributed by atoms with E-state index in [2.05, 4.69) is 22.5 Å². The minimum atomic E-state index is -0.515. The Balaban J connectivity index is 3.02. The summed E-state index contributed by atoms with van der Waals surface area (Å²) in [4.78, 5) is 13.7. The number of benzene rings is 1. The number of hydrogen-bond donors (Lipinski definition) is 0. The predicted molar refractivity (Wildman–Crippen MR) is 82.7 cm³/mol. The van der Waals surface area contributed by atoms with Gasteiger partial charge >= 0.3 is 6.09 Å². The number of aryl methyl sites for hydroxylation is 1. The summed E-state index contributed by atoms with van der Waals surface area (Å²) in [7, 11) is 0. The number of ether oxygens (including phenoxy) is 1. The van der Waals surface area contributed by atoms with Gasteiger partial charge in [-0.1, -0.05) is 28.1 Å². The van der Waals surface area contributed by atoms with E-state index in [1.807, 2.05) is 45.9 Å². The standard InChI is InChI=1S/C15H20BrNO2/c1-6-9-17(14(18)19-15(3,4)5)12-8-7-11(2)13(16)10-12/h6-8,10H,1,9H2,2-5H3. The maximum absolute atomic E-state index is 12.2. The lowest BCUT2D eigenvalue weighted by atomic mass is 10.2. The normalized spacial score (nSPS) is 11.0. The molecule has 19 heavy (non-hydrogen) atoms. The molecule has 0 aromatic heterocycles. The van der Waals surface area contributed by atoms with Crippen molar-refractivity contribution in [2.75, 3.05) is 11.4 Å². The molecule has 0 aliphatic rings. The maximum atomic E-state index is 12.2. The van der Waals surface area contributed by atoms with E-state index in [-0.39, 0.29) is 6.09 Å². The van der Waals surface area contributed by atoms with Crippen LogP contribution >= 0.6 is 15.9 Å². The summed E-state index contributed by atoms with van der Waals surface area (Å²) >= 11 is 3.47. The molecule has 0 radical (unpaired) electrons. The van der Waals surface area contributed by atoms with Crippen molar-refractivity contribution in [2.24, 2.45) is 0 Å². The molecule has 0 saturated heterocycles. The second kappa shape index (κ2) is 6.24. The topological polar surface area (TPSA) is 29.5 Å². The van der Waals surface area contributed by atoms with Crippen molar-refractivity contribution >= 4 is 27.7 Å². The van der Waals surface area contributed by atoms with E-state index in [0.717, 1.165) is 15.7 Å². The molecule has 104 valence electrons. The first-order chi connectivity index (χ1) is 8.74. The van der Waals surface area contributed by atoms with Gasteiger partial charge in [-0.05, 0) is 45.4 Å². The van der Waals surface area contributed by atoms with Gasteiger partial charge in [0.25, 0.3) is 0 Å². The molecule has 0 atom stereocenters. The fourth-order valence-corrected chi connectivity index (χ4v) is 1.85. The molecule has 0 fully saturated rings. The molecule has 1 rings (SSSR count). The van der Waals surface area contributed by atoms with Crippen LogP contribution in [0.15, 0.2) is 35.3 Å². The highest BCUT2D eigenvalue weighted by atomic mass is 79.9. The fraction of sp³-hybridized carbons (Fsp3) is 0.400. The summed E-state index contributed by atoms with van der Waals surface area (Å²) < 4.78 is 6.36. The zero-order valence-corrected chi connectivity index (χ0v) is 13.5. The number of carbonyl (C=O) groups excluding carboxylic acids is 1. The van der Waals surface area contributed by atoms with E-state index >= 15 is 0 Å². The molecular formula is C15H20BrNO2. The Morgan fingerprint density at radius 3 is 2.58 bits per heavy atom. The van der Waals surface area contributed by atoms with Gasteiger partial charge in [-0.15, -0.1) is 6.58 Å². The number of hydrogen-bond acceptors (Lipinski definition) is 2. The molecule has 0 saturated carbocycles. The zero-order chi connectivity index (χ0) is 14.6. The van der Waals surface area contributed by atoms with Crippen LogP contribution in [0.2, 0.25) is 0 Å². The third-order valence-electron chi connectivity index (χ3n) is 2.39. The Morgan fingerprint density at radius 2 is 2.11 bits per heavy atom. The quantitative estimate of drug-likeness (QED) is 0.755. The molecule has 0 unspecified atom stereocenters. The Morgan fingerprint density at radius 1 is 1.47 bits per heavy atom. The number of halogens is 1. The summed E-state index contributed by atoms with van der Waals surface area (Å²) in [6, 6.07) is 5.76. The van der Waals surface area contributed by atoms with Crippen LogP contribution in [0.4, 0.5) is 10.5 Å². The molecule has 0 spiro atoms. The highest BCUT2D eigenvalue weighted by Gasteiger charge is 2.22. The van der Waals surface area contributed by atoms with Crippen molar-refractivity contribution in [1.29, 1.82) is 0 Å². The molecule has 3 nitrogen and oxygen atoms in total. The SMILES string of the molecule is C=CCN(C(=O)OC(C)(C)C)c1ccc(C)c(Br)c1. The van der Waals surface area contributed by atoms with Crippen molar-refractivity contribution in [2.45, 2.75) is 33.3 Å². The molecule has 0 N–H and O–H groups in total. The van der Waals surface area contributed by atoms with E-state index in [1.165, 1.54) is 0 Å². The maximum Gasteiger partial charge on any atom is 0.415 e. The molecule has 4 heteroatoms.